The van der Waals surface area contributed by atoms with Gasteiger partial charge in [-0.3, -0.25) is 0 Å². The van der Waals surface area contributed by atoms with Crippen LogP contribution in [0.5, 0.6) is 0 Å². The Kier molecular flexibility index (Phi) is 5.64. The standard InChI is InChI=1S/C11H17NO/c1-4-9(11(13)6-3)7-8-10(12)5-2/h4,6-8,10,13H,1,3,5,12H2,2H3/b8-7+,11-9-. The molecule has 0 amide bonds. The number of rotatable bonds is 5. The average Bonchev–Trinajstić information content (AvgIpc) is 2.17. The SMILES string of the molecule is C=C/C(O)=C(C=C)/C=C/C(N)CC. The minimum atomic E-state index is 0.0209. The van der Waals surface area contributed by atoms with Gasteiger partial charge in [0.05, 0.1) is 0 Å². The fraction of sp³-hybridized carbons (Fsp3) is 0.273. The number of aliphatic hydroxyl groups is 1. The van der Waals surface area contributed by atoms with Crippen molar-refractivity contribution in [1.29, 1.82) is 0 Å². The van der Waals surface area contributed by atoms with Gasteiger partial charge in [-0.1, -0.05) is 38.3 Å². The molecule has 0 saturated carbocycles. The smallest absolute Gasteiger partial charge is 0.122 e. The second kappa shape index (κ2) is 6.26. The van der Waals surface area contributed by atoms with Crippen molar-refractivity contribution >= 4 is 0 Å². The molecular weight excluding hydrogens is 162 g/mol. The first-order valence-corrected chi connectivity index (χ1v) is 4.27. The van der Waals surface area contributed by atoms with Gasteiger partial charge in [-0.25, -0.2) is 0 Å². The number of nitrogens with two attached hydrogens (primary N) is 1. The summed E-state index contributed by atoms with van der Waals surface area (Å²) in [6.45, 7) is 9.03. The van der Waals surface area contributed by atoms with Crippen LogP contribution in [0.3, 0.4) is 0 Å². The molecule has 0 aromatic heterocycles. The predicted octanol–water partition coefficient (Wildman–Crippen LogP) is 2.46. The molecule has 1 unspecified atom stereocenters. The summed E-state index contributed by atoms with van der Waals surface area (Å²) < 4.78 is 0. The quantitative estimate of drug-likeness (QED) is 0.503. The van der Waals surface area contributed by atoms with Crippen LogP contribution in [0.1, 0.15) is 13.3 Å². The Hall–Kier alpha value is -1.28. The van der Waals surface area contributed by atoms with Gasteiger partial charge in [0.15, 0.2) is 0 Å². The largest absolute Gasteiger partial charge is 0.507 e. The van der Waals surface area contributed by atoms with Crippen LogP contribution in [0.15, 0.2) is 48.8 Å². The molecule has 0 radical (unpaired) electrons. The molecule has 0 fully saturated rings. The Bertz CT molecular complexity index is 238. The van der Waals surface area contributed by atoms with Gasteiger partial charge >= 0.3 is 0 Å². The Balaban J connectivity index is 4.55. The van der Waals surface area contributed by atoms with E-state index in [1.807, 2.05) is 13.0 Å². The van der Waals surface area contributed by atoms with E-state index >= 15 is 0 Å². The highest BCUT2D eigenvalue weighted by molar-refractivity contribution is 5.36. The molecule has 0 heterocycles. The van der Waals surface area contributed by atoms with Gasteiger partial charge in [-0.15, -0.1) is 0 Å². The van der Waals surface area contributed by atoms with E-state index in [-0.39, 0.29) is 11.8 Å². The van der Waals surface area contributed by atoms with Gasteiger partial charge in [0.25, 0.3) is 0 Å². The maximum atomic E-state index is 9.30. The van der Waals surface area contributed by atoms with E-state index in [4.69, 9.17) is 5.73 Å². The minimum absolute atomic E-state index is 0.0209. The van der Waals surface area contributed by atoms with Gasteiger partial charge in [-0.05, 0) is 12.5 Å². The Morgan fingerprint density at radius 3 is 2.46 bits per heavy atom. The minimum Gasteiger partial charge on any atom is -0.507 e. The second-order valence-electron chi connectivity index (χ2n) is 2.68. The zero-order chi connectivity index (χ0) is 10.3. The first-order chi connectivity index (χ1) is 6.15. The molecule has 0 aromatic carbocycles. The van der Waals surface area contributed by atoms with Crippen molar-refractivity contribution in [3.05, 3.63) is 48.8 Å². The lowest BCUT2D eigenvalue weighted by Gasteiger charge is -2.01. The van der Waals surface area contributed by atoms with Crippen LogP contribution < -0.4 is 5.73 Å². The molecule has 0 aliphatic carbocycles. The summed E-state index contributed by atoms with van der Waals surface area (Å²) in [7, 11) is 0. The molecule has 2 heteroatoms. The Morgan fingerprint density at radius 1 is 1.46 bits per heavy atom. The van der Waals surface area contributed by atoms with Gasteiger partial charge in [-0.2, -0.15) is 0 Å². The lowest BCUT2D eigenvalue weighted by atomic mass is 10.1. The van der Waals surface area contributed by atoms with Crippen LogP contribution >= 0.6 is 0 Å². The molecule has 0 aliphatic rings. The van der Waals surface area contributed by atoms with E-state index in [2.05, 4.69) is 13.2 Å². The van der Waals surface area contributed by atoms with Crippen molar-refractivity contribution in [3.8, 4) is 0 Å². The van der Waals surface area contributed by atoms with Crippen LogP contribution in [0.2, 0.25) is 0 Å². The molecule has 3 N–H and O–H groups in total. The predicted molar refractivity (Wildman–Crippen MR) is 57.5 cm³/mol. The van der Waals surface area contributed by atoms with Crippen molar-refractivity contribution in [3.63, 3.8) is 0 Å². The van der Waals surface area contributed by atoms with Crippen LogP contribution in [-0.4, -0.2) is 11.1 Å². The zero-order valence-corrected chi connectivity index (χ0v) is 8.03. The van der Waals surface area contributed by atoms with Crippen LogP contribution in [0, 0.1) is 0 Å². The maximum absolute atomic E-state index is 9.30. The molecule has 0 bridgehead atoms. The van der Waals surface area contributed by atoms with E-state index in [0.29, 0.717) is 5.57 Å². The molecular formula is C11H17NO. The highest BCUT2D eigenvalue weighted by Crippen LogP contribution is 2.06. The normalized spacial score (nSPS) is 15.2. The van der Waals surface area contributed by atoms with Crippen molar-refractivity contribution in [2.75, 3.05) is 0 Å². The van der Waals surface area contributed by atoms with Crippen LogP contribution in [-0.2, 0) is 0 Å². The zero-order valence-electron chi connectivity index (χ0n) is 8.03. The fourth-order valence-electron chi connectivity index (χ4n) is 0.739. The van der Waals surface area contributed by atoms with E-state index in [1.165, 1.54) is 6.08 Å². The molecule has 0 aliphatic heterocycles. The summed E-state index contributed by atoms with van der Waals surface area (Å²) in [6, 6.07) is 0.0209. The molecule has 13 heavy (non-hydrogen) atoms. The van der Waals surface area contributed by atoms with Gasteiger partial charge in [0, 0.05) is 11.6 Å². The molecule has 1 atom stereocenters. The first-order valence-electron chi connectivity index (χ1n) is 4.27. The number of aliphatic hydroxyl groups excluding tert-OH is 1. The van der Waals surface area contributed by atoms with E-state index in [1.54, 1.807) is 12.2 Å². The summed E-state index contributed by atoms with van der Waals surface area (Å²) in [4.78, 5) is 0. The van der Waals surface area contributed by atoms with Crippen molar-refractivity contribution in [1.82, 2.24) is 0 Å². The van der Waals surface area contributed by atoms with Crippen molar-refractivity contribution < 1.29 is 5.11 Å². The number of hydrogen-bond donors (Lipinski definition) is 2. The first kappa shape index (κ1) is 11.7. The van der Waals surface area contributed by atoms with Gasteiger partial charge < -0.3 is 10.8 Å². The van der Waals surface area contributed by atoms with Gasteiger partial charge in [0.1, 0.15) is 5.76 Å². The lowest BCUT2D eigenvalue weighted by molar-refractivity contribution is 0.429. The lowest BCUT2D eigenvalue weighted by Crippen LogP contribution is -2.14. The fourth-order valence-corrected chi connectivity index (χ4v) is 0.739. The van der Waals surface area contributed by atoms with Crippen LogP contribution in [0.4, 0.5) is 0 Å². The molecule has 72 valence electrons. The Morgan fingerprint density at radius 2 is 2.08 bits per heavy atom. The van der Waals surface area contributed by atoms with Crippen molar-refractivity contribution in [2.24, 2.45) is 5.73 Å². The third-order valence-corrected chi connectivity index (χ3v) is 1.70. The highest BCUT2D eigenvalue weighted by atomic mass is 16.3. The average molecular weight is 179 g/mol. The summed E-state index contributed by atoms with van der Waals surface area (Å²) in [5.74, 6) is 0.120. The molecule has 2 nitrogen and oxygen atoms in total. The maximum Gasteiger partial charge on any atom is 0.122 e. The Labute approximate surface area is 79.8 Å². The summed E-state index contributed by atoms with van der Waals surface area (Å²) >= 11 is 0. The number of allylic oxidation sites excluding steroid dienone is 4. The molecule has 0 rings (SSSR count). The van der Waals surface area contributed by atoms with E-state index in [0.717, 1.165) is 6.42 Å². The highest BCUT2D eigenvalue weighted by Gasteiger charge is 1.95. The number of hydrogen-bond acceptors (Lipinski definition) is 2. The summed E-state index contributed by atoms with van der Waals surface area (Å²) in [6.07, 6.45) is 7.39. The molecule has 0 spiro atoms. The molecule has 0 saturated heterocycles. The third kappa shape index (κ3) is 4.33. The van der Waals surface area contributed by atoms with E-state index in [9.17, 15) is 5.11 Å². The second-order valence-corrected chi connectivity index (χ2v) is 2.68. The van der Waals surface area contributed by atoms with Gasteiger partial charge in [0.2, 0.25) is 0 Å². The van der Waals surface area contributed by atoms with E-state index < -0.39 is 0 Å². The topological polar surface area (TPSA) is 46.2 Å². The summed E-state index contributed by atoms with van der Waals surface area (Å²) in [5, 5.41) is 9.30. The van der Waals surface area contributed by atoms with Crippen LogP contribution in [0.25, 0.3) is 0 Å². The van der Waals surface area contributed by atoms with Crippen molar-refractivity contribution in [2.45, 2.75) is 19.4 Å². The summed E-state index contributed by atoms with van der Waals surface area (Å²) in [5.41, 5.74) is 6.30. The third-order valence-electron chi connectivity index (χ3n) is 1.70. The monoisotopic (exact) mass is 179 g/mol. The molecule has 0 aromatic rings.